The molecule has 0 radical (unpaired) electrons. The second-order valence-electron chi connectivity index (χ2n) is 6.77. The van der Waals surface area contributed by atoms with Gasteiger partial charge in [-0.15, -0.1) is 11.3 Å². The first kappa shape index (κ1) is 19.1. The summed E-state index contributed by atoms with van der Waals surface area (Å²) in [7, 11) is -1.79. The minimum absolute atomic E-state index is 0.0405. The van der Waals surface area contributed by atoms with Crippen molar-refractivity contribution < 1.29 is 17.6 Å². The number of nitrogens with zero attached hydrogens (tertiary/aromatic N) is 2. The molecule has 8 heteroatoms. The molecule has 0 N–H and O–H groups in total. The molecule has 1 aliphatic rings. The van der Waals surface area contributed by atoms with E-state index in [4.69, 9.17) is 4.42 Å². The minimum Gasteiger partial charge on any atom is -0.464 e. The summed E-state index contributed by atoms with van der Waals surface area (Å²) in [6.45, 7) is 4.84. The van der Waals surface area contributed by atoms with Crippen LogP contribution in [0.15, 0.2) is 32.9 Å². The first-order valence-electron chi connectivity index (χ1n) is 8.64. The van der Waals surface area contributed by atoms with Gasteiger partial charge >= 0.3 is 0 Å². The molecule has 6 nitrogen and oxygen atoms in total. The molecule has 1 unspecified atom stereocenters. The predicted molar refractivity (Wildman–Crippen MR) is 100 cm³/mol. The van der Waals surface area contributed by atoms with E-state index in [1.807, 2.05) is 32.0 Å². The van der Waals surface area contributed by atoms with Crippen LogP contribution >= 0.6 is 11.3 Å². The fourth-order valence-electron chi connectivity index (χ4n) is 3.23. The Bertz CT molecular complexity index is 885. The Morgan fingerprint density at radius 1 is 1.31 bits per heavy atom. The second kappa shape index (κ2) is 7.54. The number of piperidine rings is 1. The number of hydrogen-bond acceptors (Lipinski definition) is 5. The number of sulfonamides is 1. The monoisotopic (exact) mass is 396 g/mol. The van der Waals surface area contributed by atoms with Gasteiger partial charge in [-0.2, -0.15) is 4.31 Å². The molecule has 1 saturated heterocycles. The van der Waals surface area contributed by atoms with Crippen LogP contribution in [0.5, 0.6) is 0 Å². The zero-order chi connectivity index (χ0) is 18.9. The van der Waals surface area contributed by atoms with Gasteiger partial charge in [0.15, 0.2) is 0 Å². The van der Waals surface area contributed by atoms with Crippen molar-refractivity contribution in [1.82, 2.24) is 9.21 Å². The van der Waals surface area contributed by atoms with Crippen molar-refractivity contribution >= 4 is 27.3 Å². The highest BCUT2D eigenvalue weighted by Gasteiger charge is 2.35. The number of aryl methyl sites for hydroxylation is 2. The summed E-state index contributed by atoms with van der Waals surface area (Å²) >= 11 is 1.27. The van der Waals surface area contributed by atoms with Crippen LogP contribution in [0.3, 0.4) is 0 Å². The van der Waals surface area contributed by atoms with Crippen LogP contribution in [0.2, 0.25) is 0 Å². The van der Waals surface area contributed by atoms with E-state index < -0.39 is 10.0 Å². The molecular weight excluding hydrogens is 372 g/mol. The molecule has 2 aromatic rings. The first-order valence-corrected chi connectivity index (χ1v) is 10.9. The summed E-state index contributed by atoms with van der Waals surface area (Å²) in [6.07, 6.45) is 1.39. The van der Waals surface area contributed by atoms with Gasteiger partial charge in [0.1, 0.15) is 15.7 Å². The lowest BCUT2D eigenvalue weighted by Gasteiger charge is -2.32. The molecule has 1 aliphatic heterocycles. The van der Waals surface area contributed by atoms with Crippen LogP contribution in [-0.4, -0.2) is 43.7 Å². The lowest BCUT2D eigenvalue weighted by Crippen LogP contribution is -2.45. The Kier molecular flexibility index (Phi) is 5.55. The molecule has 3 heterocycles. The van der Waals surface area contributed by atoms with Crippen molar-refractivity contribution in [3.8, 4) is 0 Å². The Hall–Kier alpha value is -1.64. The maximum absolute atomic E-state index is 12.8. The smallest absolute Gasteiger partial charge is 0.252 e. The van der Waals surface area contributed by atoms with Gasteiger partial charge in [-0.1, -0.05) is 0 Å². The lowest BCUT2D eigenvalue weighted by molar-refractivity contribution is -0.136. The molecule has 1 fully saturated rings. The highest BCUT2D eigenvalue weighted by Crippen LogP contribution is 2.29. The van der Waals surface area contributed by atoms with Gasteiger partial charge in [0, 0.05) is 25.0 Å². The van der Waals surface area contributed by atoms with E-state index in [-0.39, 0.29) is 18.4 Å². The number of amides is 1. The molecule has 1 amide bonds. The number of carbonyl (C=O) groups is 1. The van der Waals surface area contributed by atoms with Crippen molar-refractivity contribution in [3.05, 3.63) is 40.7 Å². The van der Waals surface area contributed by atoms with Gasteiger partial charge in [-0.3, -0.25) is 4.79 Å². The summed E-state index contributed by atoms with van der Waals surface area (Å²) in [5, 5.41) is 0. The summed E-state index contributed by atoms with van der Waals surface area (Å²) in [5.74, 6) is 1.18. The van der Waals surface area contributed by atoms with Crippen LogP contribution in [0.1, 0.15) is 29.2 Å². The van der Waals surface area contributed by atoms with Crippen LogP contribution in [-0.2, 0) is 21.4 Å². The molecule has 0 saturated carbocycles. The molecule has 26 heavy (non-hydrogen) atoms. The maximum atomic E-state index is 12.8. The lowest BCUT2D eigenvalue weighted by atomic mass is 9.98. The summed E-state index contributed by atoms with van der Waals surface area (Å²) in [6, 6.07) is 7.18. The molecule has 0 aliphatic carbocycles. The fourth-order valence-corrected chi connectivity index (χ4v) is 6.20. The van der Waals surface area contributed by atoms with Gasteiger partial charge in [0.05, 0.1) is 12.5 Å². The molecule has 2 aromatic heterocycles. The third-order valence-corrected chi connectivity index (χ3v) is 7.94. The summed E-state index contributed by atoms with van der Waals surface area (Å²) < 4.78 is 33.0. The standard InChI is InChI=1S/C18H24N2O4S2/c1-13-6-8-16(24-13)12-19(3)18(21)15-5-4-10-20(11-15)26(22,23)17-9-7-14(2)25-17/h6-9,15H,4-5,10-12H2,1-3H3. The Balaban J connectivity index is 1.68. The quantitative estimate of drug-likeness (QED) is 0.779. The van der Waals surface area contributed by atoms with Crippen LogP contribution < -0.4 is 0 Å². The van der Waals surface area contributed by atoms with E-state index >= 15 is 0 Å². The number of furan rings is 1. The van der Waals surface area contributed by atoms with E-state index in [1.165, 1.54) is 15.6 Å². The first-order chi connectivity index (χ1) is 12.3. The van der Waals surface area contributed by atoms with Crippen LogP contribution in [0.4, 0.5) is 0 Å². The SMILES string of the molecule is Cc1ccc(CN(C)C(=O)C2CCCN(S(=O)(=O)c3ccc(C)s3)C2)o1. The van der Waals surface area contributed by atoms with Gasteiger partial charge in [-0.05, 0) is 51.0 Å². The Morgan fingerprint density at radius 3 is 2.69 bits per heavy atom. The average molecular weight is 397 g/mol. The van der Waals surface area contributed by atoms with E-state index in [0.717, 1.165) is 16.4 Å². The van der Waals surface area contributed by atoms with Gasteiger partial charge < -0.3 is 9.32 Å². The normalized spacial score (nSPS) is 18.8. The molecule has 0 spiro atoms. The average Bonchev–Trinajstić information content (AvgIpc) is 3.23. The van der Waals surface area contributed by atoms with Crippen molar-refractivity contribution in [2.75, 3.05) is 20.1 Å². The topological polar surface area (TPSA) is 70.8 Å². The number of hydrogen-bond donors (Lipinski definition) is 0. The molecule has 3 rings (SSSR count). The van der Waals surface area contributed by atoms with Crippen LogP contribution in [0, 0.1) is 19.8 Å². The molecule has 0 bridgehead atoms. The predicted octanol–water partition coefficient (Wildman–Crippen LogP) is 3.02. The number of thiophene rings is 1. The zero-order valence-electron chi connectivity index (χ0n) is 15.3. The largest absolute Gasteiger partial charge is 0.464 e. The molecule has 1 atom stereocenters. The van der Waals surface area contributed by atoms with E-state index in [1.54, 1.807) is 18.0 Å². The van der Waals surface area contributed by atoms with Gasteiger partial charge in [0.25, 0.3) is 10.0 Å². The summed E-state index contributed by atoms with van der Waals surface area (Å²) in [4.78, 5) is 15.4. The number of rotatable bonds is 5. The molecular formula is C18H24N2O4S2. The molecule has 0 aromatic carbocycles. The van der Waals surface area contributed by atoms with E-state index in [9.17, 15) is 13.2 Å². The van der Waals surface area contributed by atoms with Crippen molar-refractivity contribution in [1.29, 1.82) is 0 Å². The third kappa shape index (κ3) is 4.02. The minimum atomic E-state index is -3.53. The maximum Gasteiger partial charge on any atom is 0.252 e. The zero-order valence-corrected chi connectivity index (χ0v) is 16.9. The fraction of sp³-hybridized carbons (Fsp3) is 0.500. The van der Waals surface area contributed by atoms with E-state index in [2.05, 4.69) is 0 Å². The highest BCUT2D eigenvalue weighted by atomic mass is 32.2. The van der Waals surface area contributed by atoms with Gasteiger partial charge in [0.2, 0.25) is 5.91 Å². The molecule has 142 valence electrons. The van der Waals surface area contributed by atoms with Crippen molar-refractivity contribution in [2.45, 2.75) is 37.4 Å². The third-order valence-electron chi connectivity index (χ3n) is 4.61. The van der Waals surface area contributed by atoms with Crippen molar-refractivity contribution in [2.24, 2.45) is 5.92 Å². The Labute approximate surface area is 158 Å². The highest BCUT2D eigenvalue weighted by molar-refractivity contribution is 7.91. The van der Waals surface area contributed by atoms with Crippen LogP contribution in [0.25, 0.3) is 0 Å². The summed E-state index contributed by atoms with van der Waals surface area (Å²) in [5.41, 5.74) is 0. The van der Waals surface area contributed by atoms with Crippen molar-refractivity contribution in [3.63, 3.8) is 0 Å². The second-order valence-corrected chi connectivity index (χ2v) is 10.2. The van der Waals surface area contributed by atoms with E-state index in [0.29, 0.717) is 30.1 Å². The number of carbonyl (C=O) groups excluding carboxylic acids is 1. The Morgan fingerprint density at radius 2 is 2.08 bits per heavy atom. The van der Waals surface area contributed by atoms with Gasteiger partial charge in [-0.25, -0.2) is 8.42 Å².